The van der Waals surface area contributed by atoms with Gasteiger partial charge in [-0.3, -0.25) is 4.79 Å². The number of amides is 1. The predicted molar refractivity (Wildman–Crippen MR) is 119 cm³/mol. The summed E-state index contributed by atoms with van der Waals surface area (Å²) in [4.78, 5) is 14.0. The minimum Gasteiger partial charge on any atom is -0.497 e. The van der Waals surface area contributed by atoms with Gasteiger partial charge in [0.25, 0.3) is 0 Å². The van der Waals surface area contributed by atoms with E-state index in [1.807, 2.05) is 12.1 Å². The first kappa shape index (κ1) is 21.5. The zero-order chi connectivity index (χ0) is 22.0. The van der Waals surface area contributed by atoms with E-state index < -0.39 is 0 Å². The molecule has 0 saturated heterocycles. The third kappa shape index (κ3) is 4.64. The molecule has 1 heterocycles. The Morgan fingerprint density at radius 3 is 2.52 bits per heavy atom. The van der Waals surface area contributed by atoms with Crippen LogP contribution in [0, 0.1) is 5.92 Å². The van der Waals surface area contributed by atoms with E-state index in [4.69, 9.17) is 14.2 Å². The van der Waals surface area contributed by atoms with E-state index in [9.17, 15) is 4.79 Å². The average Bonchev–Trinajstić information content (AvgIpc) is 3.63. The quantitative estimate of drug-likeness (QED) is 0.682. The summed E-state index contributed by atoms with van der Waals surface area (Å²) in [5.74, 6) is 2.73. The number of hydrogen-bond donors (Lipinski definition) is 2. The highest BCUT2D eigenvalue weighted by Crippen LogP contribution is 2.35. The van der Waals surface area contributed by atoms with Crippen LogP contribution < -0.4 is 24.4 Å². The maximum Gasteiger partial charge on any atom is 0.223 e. The van der Waals surface area contributed by atoms with Crippen LogP contribution >= 0.6 is 0 Å². The molecule has 166 valence electrons. The third-order valence-corrected chi connectivity index (χ3v) is 6.52. The molecule has 3 atom stereocenters. The minimum absolute atomic E-state index is 0.00542. The first-order valence-electron chi connectivity index (χ1n) is 11.1. The summed E-state index contributed by atoms with van der Waals surface area (Å²) in [6, 6.07) is 12.6. The van der Waals surface area contributed by atoms with Gasteiger partial charge in [0, 0.05) is 23.5 Å². The fraction of sp³-hybridized carbons (Fsp3) is 0.480. The molecule has 6 nitrogen and oxygen atoms in total. The SMILES string of the molecule is COc1cccc(C[NH+]2CCc3cc(OC)c(OC)cc3[C@@H]2[C@@H](C)NC(=O)C2CC2)c1. The molecular weight excluding hydrogens is 392 g/mol. The summed E-state index contributed by atoms with van der Waals surface area (Å²) in [7, 11) is 5.03. The Kier molecular flexibility index (Phi) is 6.37. The van der Waals surface area contributed by atoms with Gasteiger partial charge in [-0.1, -0.05) is 12.1 Å². The van der Waals surface area contributed by atoms with E-state index in [1.54, 1.807) is 21.3 Å². The molecule has 1 aliphatic heterocycles. The Bertz CT molecular complexity index is 941. The van der Waals surface area contributed by atoms with Gasteiger partial charge in [-0.2, -0.15) is 0 Å². The summed E-state index contributed by atoms with van der Waals surface area (Å²) in [5, 5.41) is 3.30. The number of hydrogen-bond acceptors (Lipinski definition) is 4. The smallest absolute Gasteiger partial charge is 0.223 e. The fourth-order valence-corrected chi connectivity index (χ4v) is 4.75. The Morgan fingerprint density at radius 2 is 1.84 bits per heavy atom. The minimum atomic E-state index is 0.00542. The molecule has 1 aliphatic carbocycles. The Labute approximate surface area is 184 Å². The number of quaternary nitrogens is 1. The molecule has 2 aromatic carbocycles. The number of carbonyl (C=O) groups is 1. The molecule has 0 bridgehead atoms. The lowest BCUT2D eigenvalue weighted by Gasteiger charge is -2.38. The molecule has 2 aliphatic rings. The van der Waals surface area contributed by atoms with Gasteiger partial charge in [-0.15, -0.1) is 0 Å². The first-order valence-corrected chi connectivity index (χ1v) is 11.1. The maximum absolute atomic E-state index is 12.6. The molecule has 6 heteroatoms. The van der Waals surface area contributed by atoms with Gasteiger partial charge in [0.2, 0.25) is 5.91 Å². The topological polar surface area (TPSA) is 61.2 Å². The molecule has 2 aromatic rings. The van der Waals surface area contributed by atoms with Crippen LogP contribution in [0.4, 0.5) is 0 Å². The zero-order valence-corrected chi connectivity index (χ0v) is 18.9. The standard InChI is InChI=1S/C25H32N2O4/c1-16(26-25(28)18-8-9-18)24-21-14-23(31-4)22(30-3)13-19(21)10-11-27(24)15-17-6-5-7-20(12-17)29-2/h5-7,12-14,16,18,24H,8-11,15H2,1-4H3,(H,26,28)/p+1/t16-,24+/m1/s1. The molecule has 1 amide bonds. The number of fused-ring (bicyclic) bond motifs is 1. The number of methoxy groups -OCH3 is 3. The number of nitrogens with one attached hydrogen (secondary N) is 2. The number of carbonyl (C=O) groups excluding carboxylic acids is 1. The number of ether oxygens (including phenoxy) is 3. The van der Waals surface area contributed by atoms with E-state index in [1.165, 1.54) is 21.6 Å². The average molecular weight is 426 g/mol. The molecule has 1 fully saturated rings. The summed E-state index contributed by atoms with van der Waals surface area (Å²) in [6.45, 7) is 3.97. The molecule has 0 aromatic heterocycles. The van der Waals surface area contributed by atoms with Crippen LogP contribution in [-0.2, 0) is 17.8 Å². The molecule has 4 rings (SSSR count). The highest BCUT2D eigenvalue weighted by molar-refractivity contribution is 5.81. The van der Waals surface area contributed by atoms with Gasteiger partial charge in [0.1, 0.15) is 18.3 Å². The Hall–Kier alpha value is -2.73. The van der Waals surface area contributed by atoms with Gasteiger partial charge in [0.15, 0.2) is 11.5 Å². The van der Waals surface area contributed by atoms with Crippen molar-refractivity contribution in [1.29, 1.82) is 0 Å². The Balaban J connectivity index is 1.67. The van der Waals surface area contributed by atoms with Crippen LogP contribution in [0.2, 0.25) is 0 Å². The van der Waals surface area contributed by atoms with Crippen molar-refractivity contribution >= 4 is 5.91 Å². The van der Waals surface area contributed by atoms with Crippen molar-refractivity contribution in [2.75, 3.05) is 27.9 Å². The molecule has 1 unspecified atom stereocenters. The van der Waals surface area contributed by atoms with Crippen LogP contribution in [0.25, 0.3) is 0 Å². The highest BCUT2D eigenvalue weighted by Gasteiger charge is 2.39. The molecule has 0 spiro atoms. The Morgan fingerprint density at radius 1 is 1.10 bits per heavy atom. The van der Waals surface area contributed by atoms with Crippen molar-refractivity contribution in [3.63, 3.8) is 0 Å². The van der Waals surface area contributed by atoms with E-state index in [0.29, 0.717) is 0 Å². The van der Waals surface area contributed by atoms with E-state index in [2.05, 4.69) is 36.5 Å². The van der Waals surface area contributed by atoms with Crippen molar-refractivity contribution in [3.8, 4) is 17.2 Å². The summed E-state index contributed by atoms with van der Waals surface area (Å²) in [5.41, 5.74) is 3.72. The maximum atomic E-state index is 12.6. The lowest BCUT2D eigenvalue weighted by molar-refractivity contribution is -0.948. The summed E-state index contributed by atoms with van der Waals surface area (Å²) < 4.78 is 16.6. The van der Waals surface area contributed by atoms with Crippen LogP contribution in [0.5, 0.6) is 17.2 Å². The predicted octanol–water partition coefficient (Wildman–Crippen LogP) is 2.31. The summed E-state index contributed by atoms with van der Waals surface area (Å²) in [6.07, 6.45) is 2.96. The third-order valence-electron chi connectivity index (χ3n) is 6.52. The zero-order valence-electron chi connectivity index (χ0n) is 18.9. The monoisotopic (exact) mass is 425 g/mol. The second kappa shape index (κ2) is 9.18. The second-order valence-electron chi connectivity index (χ2n) is 8.64. The normalized spacial score (nSPS) is 21.0. The van der Waals surface area contributed by atoms with Gasteiger partial charge in [-0.25, -0.2) is 0 Å². The first-order chi connectivity index (χ1) is 15.0. The number of rotatable bonds is 8. The molecule has 0 radical (unpaired) electrons. The second-order valence-corrected chi connectivity index (χ2v) is 8.64. The van der Waals surface area contributed by atoms with Crippen molar-refractivity contribution in [2.45, 2.75) is 44.8 Å². The van der Waals surface area contributed by atoms with Gasteiger partial charge >= 0.3 is 0 Å². The van der Waals surface area contributed by atoms with E-state index >= 15 is 0 Å². The van der Waals surface area contributed by atoms with Crippen molar-refractivity contribution in [1.82, 2.24) is 5.32 Å². The lowest BCUT2D eigenvalue weighted by atomic mass is 9.87. The largest absolute Gasteiger partial charge is 0.497 e. The molecule has 2 N–H and O–H groups in total. The van der Waals surface area contributed by atoms with Crippen molar-refractivity contribution in [3.05, 3.63) is 53.1 Å². The van der Waals surface area contributed by atoms with Crippen LogP contribution in [0.3, 0.4) is 0 Å². The van der Waals surface area contributed by atoms with Crippen LogP contribution in [0.15, 0.2) is 36.4 Å². The highest BCUT2D eigenvalue weighted by atomic mass is 16.5. The lowest BCUT2D eigenvalue weighted by Crippen LogP contribution is -3.13. The summed E-state index contributed by atoms with van der Waals surface area (Å²) >= 11 is 0. The van der Waals surface area contributed by atoms with E-state index in [-0.39, 0.29) is 23.9 Å². The van der Waals surface area contributed by atoms with Gasteiger partial charge in [-0.05, 0) is 49.6 Å². The van der Waals surface area contributed by atoms with Crippen LogP contribution in [0.1, 0.15) is 42.5 Å². The molecular formula is C25H33N2O4+. The van der Waals surface area contributed by atoms with Gasteiger partial charge in [0.05, 0.1) is 33.9 Å². The van der Waals surface area contributed by atoms with Crippen LogP contribution in [-0.4, -0.2) is 39.8 Å². The van der Waals surface area contributed by atoms with Gasteiger partial charge < -0.3 is 24.4 Å². The van der Waals surface area contributed by atoms with Crippen molar-refractivity contribution < 1.29 is 23.9 Å². The fourth-order valence-electron chi connectivity index (χ4n) is 4.75. The number of benzene rings is 2. The van der Waals surface area contributed by atoms with Crippen molar-refractivity contribution in [2.24, 2.45) is 5.92 Å². The molecule has 1 saturated carbocycles. The molecule has 31 heavy (non-hydrogen) atoms. The van der Waals surface area contributed by atoms with E-state index in [0.717, 1.165) is 49.6 Å².